The topological polar surface area (TPSA) is 12.0 Å². The van der Waals surface area contributed by atoms with E-state index in [-0.39, 0.29) is 0 Å². The lowest BCUT2D eigenvalue weighted by atomic mass is 9.92. The second kappa shape index (κ2) is 4.35. The Labute approximate surface area is 91.6 Å². The van der Waals surface area contributed by atoms with Gasteiger partial charge in [-0.3, -0.25) is 0 Å². The van der Waals surface area contributed by atoms with Gasteiger partial charge in [-0.25, -0.2) is 0 Å². The summed E-state index contributed by atoms with van der Waals surface area (Å²) >= 11 is 0. The number of hydrogen-bond acceptors (Lipinski definition) is 1. The minimum atomic E-state index is 0.425. The molecule has 2 aliphatic rings. The van der Waals surface area contributed by atoms with E-state index in [9.17, 15) is 0 Å². The fourth-order valence-electron chi connectivity index (χ4n) is 1.99. The number of fused-ring (bicyclic) bond motifs is 1. The van der Waals surface area contributed by atoms with E-state index in [2.05, 4.69) is 43.1 Å². The molecule has 1 heteroatoms. The molecule has 78 valence electrons. The largest absolute Gasteiger partial charge is 0.379 e. The molecule has 1 N–H and O–H groups in total. The molecule has 0 bridgehead atoms. The highest BCUT2D eigenvalue weighted by atomic mass is 14.9. The van der Waals surface area contributed by atoms with Gasteiger partial charge in [-0.1, -0.05) is 42.5 Å². The summed E-state index contributed by atoms with van der Waals surface area (Å²) in [6.07, 6.45) is 15.0. The predicted octanol–water partition coefficient (Wildman–Crippen LogP) is 3.25. The van der Waals surface area contributed by atoms with Gasteiger partial charge in [-0.15, -0.1) is 0 Å². The summed E-state index contributed by atoms with van der Waals surface area (Å²) in [4.78, 5) is 0. The lowest BCUT2D eigenvalue weighted by molar-refractivity contribution is 0.637. The van der Waals surface area contributed by atoms with Crippen LogP contribution in [0.4, 0.5) is 0 Å². The second-order valence-corrected chi connectivity index (χ2v) is 4.12. The molecule has 1 atom stereocenters. The van der Waals surface area contributed by atoms with E-state index in [1.54, 1.807) is 0 Å². The number of allylic oxidation sites excluding steroid dienone is 6. The maximum Gasteiger partial charge on any atom is 0.0514 e. The molecular weight excluding hydrogens is 182 g/mol. The van der Waals surface area contributed by atoms with Crippen LogP contribution in [0, 0.1) is 0 Å². The van der Waals surface area contributed by atoms with Crippen LogP contribution in [0.5, 0.6) is 0 Å². The van der Waals surface area contributed by atoms with Crippen molar-refractivity contribution in [3.63, 3.8) is 0 Å². The fraction of sp³-hybridized carbons (Fsp3) is 0.286. The van der Waals surface area contributed by atoms with Crippen LogP contribution in [-0.2, 0) is 0 Å². The Morgan fingerprint density at radius 3 is 3.13 bits per heavy atom. The highest BCUT2D eigenvalue weighted by Crippen LogP contribution is 2.22. The zero-order valence-electron chi connectivity index (χ0n) is 9.16. The van der Waals surface area contributed by atoms with E-state index in [0.29, 0.717) is 6.04 Å². The normalized spacial score (nSPS) is 29.7. The first kappa shape index (κ1) is 10.0. The van der Waals surface area contributed by atoms with Gasteiger partial charge in [0.15, 0.2) is 0 Å². The summed E-state index contributed by atoms with van der Waals surface area (Å²) in [6.45, 7) is 6.15. The van der Waals surface area contributed by atoms with Gasteiger partial charge in [0.1, 0.15) is 0 Å². The Kier molecular flexibility index (Phi) is 2.91. The fourth-order valence-corrected chi connectivity index (χ4v) is 1.99. The van der Waals surface area contributed by atoms with Crippen molar-refractivity contribution >= 4 is 0 Å². The van der Waals surface area contributed by atoms with Gasteiger partial charge < -0.3 is 5.32 Å². The third kappa shape index (κ3) is 2.50. The van der Waals surface area contributed by atoms with Crippen molar-refractivity contribution in [3.05, 3.63) is 59.9 Å². The molecule has 0 aromatic heterocycles. The maximum atomic E-state index is 3.99. The lowest BCUT2D eigenvalue weighted by Crippen LogP contribution is -2.30. The lowest BCUT2D eigenvalue weighted by Gasteiger charge is -2.24. The number of rotatable bonds is 0. The Balaban J connectivity index is 2.24. The Bertz CT molecular complexity index is 380. The van der Waals surface area contributed by atoms with Crippen molar-refractivity contribution in [2.24, 2.45) is 0 Å². The minimum Gasteiger partial charge on any atom is -0.379 e. The first-order chi connectivity index (χ1) is 7.25. The summed E-state index contributed by atoms with van der Waals surface area (Å²) in [5.41, 5.74) is 3.82. The Hall–Kier alpha value is -1.50. The first-order valence-electron chi connectivity index (χ1n) is 5.41. The summed E-state index contributed by atoms with van der Waals surface area (Å²) in [5.74, 6) is 0. The van der Waals surface area contributed by atoms with Gasteiger partial charge in [-0.2, -0.15) is 0 Å². The SMILES string of the molecule is C=C1/C=C\C=C/CC2=CC(C)=CCC2N1. The van der Waals surface area contributed by atoms with Crippen molar-refractivity contribution < 1.29 is 0 Å². The smallest absolute Gasteiger partial charge is 0.0514 e. The van der Waals surface area contributed by atoms with Crippen molar-refractivity contribution in [3.8, 4) is 0 Å². The number of nitrogens with one attached hydrogen (secondary N) is 1. The van der Waals surface area contributed by atoms with E-state index in [0.717, 1.165) is 18.5 Å². The van der Waals surface area contributed by atoms with Gasteiger partial charge in [-0.05, 0) is 31.4 Å². The van der Waals surface area contributed by atoms with Gasteiger partial charge in [0, 0.05) is 5.70 Å². The van der Waals surface area contributed by atoms with Crippen molar-refractivity contribution in [1.29, 1.82) is 0 Å². The molecule has 0 fully saturated rings. The molecular formula is C14H17N. The van der Waals surface area contributed by atoms with E-state index in [4.69, 9.17) is 0 Å². The molecule has 2 rings (SSSR count). The summed E-state index contributed by atoms with van der Waals surface area (Å²) in [5, 5.41) is 3.45. The number of hydrogen-bond donors (Lipinski definition) is 1. The summed E-state index contributed by atoms with van der Waals surface area (Å²) in [7, 11) is 0. The third-order valence-electron chi connectivity index (χ3n) is 2.79. The van der Waals surface area contributed by atoms with E-state index < -0.39 is 0 Å². The Morgan fingerprint density at radius 2 is 2.27 bits per heavy atom. The van der Waals surface area contributed by atoms with E-state index >= 15 is 0 Å². The van der Waals surface area contributed by atoms with Gasteiger partial charge in [0.25, 0.3) is 0 Å². The van der Waals surface area contributed by atoms with Crippen LogP contribution in [-0.4, -0.2) is 6.04 Å². The zero-order valence-corrected chi connectivity index (χ0v) is 9.16. The average molecular weight is 199 g/mol. The van der Waals surface area contributed by atoms with Crippen LogP contribution in [0.3, 0.4) is 0 Å². The van der Waals surface area contributed by atoms with Gasteiger partial charge in [0.2, 0.25) is 0 Å². The molecule has 0 aromatic carbocycles. The molecule has 1 nitrogen and oxygen atoms in total. The predicted molar refractivity (Wildman–Crippen MR) is 65.4 cm³/mol. The van der Waals surface area contributed by atoms with Crippen LogP contribution in [0.15, 0.2) is 59.9 Å². The molecule has 0 saturated carbocycles. The first-order valence-corrected chi connectivity index (χ1v) is 5.41. The Morgan fingerprint density at radius 1 is 1.40 bits per heavy atom. The maximum absolute atomic E-state index is 3.99. The molecule has 0 saturated heterocycles. The molecule has 0 amide bonds. The summed E-state index contributed by atoms with van der Waals surface area (Å²) < 4.78 is 0. The van der Waals surface area contributed by atoms with Crippen molar-refractivity contribution in [2.45, 2.75) is 25.8 Å². The molecule has 1 aliphatic carbocycles. The van der Waals surface area contributed by atoms with Crippen LogP contribution >= 0.6 is 0 Å². The minimum absolute atomic E-state index is 0.425. The summed E-state index contributed by atoms with van der Waals surface area (Å²) in [6, 6.07) is 0.425. The quantitative estimate of drug-likeness (QED) is 0.631. The second-order valence-electron chi connectivity index (χ2n) is 4.12. The molecule has 0 aromatic rings. The standard InChI is InChI=1S/C14H17N/c1-11-8-9-14-13(10-11)7-5-3-4-6-12(2)15-14/h3-6,8,10,14-15H,2,7,9H2,1H3/b5-3-,6-4-. The zero-order chi connectivity index (χ0) is 10.7. The van der Waals surface area contributed by atoms with Crippen molar-refractivity contribution in [2.75, 3.05) is 0 Å². The molecule has 0 spiro atoms. The van der Waals surface area contributed by atoms with Crippen LogP contribution in [0.1, 0.15) is 19.8 Å². The van der Waals surface area contributed by atoms with Crippen LogP contribution in [0.2, 0.25) is 0 Å². The molecule has 15 heavy (non-hydrogen) atoms. The van der Waals surface area contributed by atoms with Crippen molar-refractivity contribution in [1.82, 2.24) is 5.32 Å². The highest BCUT2D eigenvalue weighted by Gasteiger charge is 2.15. The molecule has 1 heterocycles. The average Bonchev–Trinajstić information content (AvgIpc) is 2.28. The van der Waals surface area contributed by atoms with E-state index in [1.807, 2.05) is 12.2 Å². The van der Waals surface area contributed by atoms with Gasteiger partial charge in [0.05, 0.1) is 6.04 Å². The molecule has 0 radical (unpaired) electrons. The van der Waals surface area contributed by atoms with E-state index in [1.165, 1.54) is 11.1 Å². The third-order valence-corrected chi connectivity index (χ3v) is 2.79. The van der Waals surface area contributed by atoms with Crippen LogP contribution < -0.4 is 5.32 Å². The molecule has 1 unspecified atom stereocenters. The monoisotopic (exact) mass is 199 g/mol. The molecule has 1 aliphatic heterocycles. The van der Waals surface area contributed by atoms with Gasteiger partial charge >= 0.3 is 0 Å². The van der Waals surface area contributed by atoms with Crippen LogP contribution in [0.25, 0.3) is 0 Å². The highest BCUT2D eigenvalue weighted by molar-refractivity contribution is 5.35.